The van der Waals surface area contributed by atoms with Crippen LogP contribution in [0.2, 0.25) is 36.3 Å². The Kier molecular flexibility index (Phi) is 9.30. The zero-order valence-corrected chi connectivity index (χ0v) is 34.8. The van der Waals surface area contributed by atoms with Gasteiger partial charge >= 0.3 is 6.09 Å². The third-order valence-electron chi connectivity index (χ3n) is 11.3. The molecule has 2 aliphatic heterocycles. The lowest BCUT2D eigenvalue weighted by atomic mass is 9.75. The van der Waals surface area contributed by atoms with Crippen LogP contribution in [0.1, 0.15) is 144 Å². The molecule has 6 nitrogen and oxygen atoms in total. The summed E-state index contributed by atoms with van der Waals surface area (Å²) in [6.07, 6.45) is 0.949. The summed E-state index contributed by atoms with van der Waals surface area (Å²) in [6, 6.07) is 5.61. The van der Waals surface area contributed by atoms with E-state index in [0.29, 0.717) is 11.3 Å². The number of hydrogen-bond acceptors (Lipinski definition) is 5. The first-order valence-corrected chi connectivity index (χ1v) is 23.7. The van der Waals surface area contributed by atoms with Gasteiger partial charge in [-0.25, -0.2) is 4.79 Å². The van der Waals surface area contributed by atoms with Gasteiger partial charge in [-0.15, -0.1) is 0 Å². The van der Waals surface area contributed by atoms with Gasteiger partial charge in [-0.05, 0) is 136 Å². The third-order valence-corrected chi connectivity index (χ3v) is 20.2. The summed E-state index contributed by atoms with van der Waals surface area (Å²) in [7, 11) is -4.70. The predicted octanol–water partition coefficient (Wildman–Crippen LogP) is 11.8. The van der Waals surface area contributed by atoms with Gasteiger partial charge < -0.3 is 18.3 Å². The molecule has 48 heavy (non-hydrogen) atoms. The zero-order valence-electron chi connectivity index (χ0n) is 36.8. The number of amides is 1. The van der Waals surface area contributed by atoms with Gasteiger partial charge in [-0.1, -0.05) is 67.5 Å². The van der Waals surface area contributed by atoms with E-state index in [4.69, 9.17) is 18.3 Å². The van der Waals surface area contributed by atoms with Crippen LogP contribution in [-0.2, 0) is 18.3 Å². The second-order valence-corrected chi connectivity index (χ2v) is 29.0. The Balaban J connectivity index is 1.88. The van der Waals surface area contributed by atoms with E-state index in [1.807, 2.05) is 39.0 Å². The molecule has 0 aromatic heterocycles. The van der Waals surface area contributed by atoms with Crippen LogP contribution in [0.3, 0.4) is 0 Å². The minimum atomic E-state index is -2.37. The van der Waals surface area contributed by atoms with Crippen molar-refractivity contribution in [3.8, 4) is 0 Å². The van der Waals surface area contributed by atoms with Gasteiger partial charge in [0.2, 0.25) is 0 Å². The predicted molar refractivity (Wildman–Crippen MR) is 206 cm³/mol. The number of hydrogen-bond donors (Lipinski definition) is 1. The molecule has 0 spiro atoms. The summed E-state index contributed by atoms with van der Waals surface area (Å²) in [5.74, 6) is -1.57. The molecular formula is C40H69NO5Si2. The first-order chi connectivity index (χ1) is 23.3. The Labute approximate surface area is 301 Å². The van der Waals surface area contributed by atoms with Crippen LogP contribution in [0.25, 0.3) is 5.57 Å². The quantitative estimate of drug-likeness (QED) is 0.259. The highest BCUT2D eigenvalue weighted by Gasteiger charge is 2.57. The van der Waals surface area contributed by atoms with Crippen LogP contribution >= 0.6 is 0 Å². The Hall–Kier alpha value is -1.46. The Morgan fingerprint density at radius 1 is 0.958 bits per heavy atom. The Bertz CT molecular complexity index is 1530. The Morgan fingerprint density at radius 2 is 1.52 bits per heavy atom. The van der Waals surface area contributed by atoms with Crippen molar-refractivity contribution in [3.63, 3.8) is 0 Å². The van der Waals surface area contributed by atoms with E-state index < -0.39 is 64.6 Å². The number of anilines is 1. The molecule has 6 unspecified atom stereocenters. The fraction of sp³-hybridized carbons (Fsp3) is 0.775. The number of rotatable bonds is 9. The standard InChI is InChI=1S/C40H69NO5Si2/c1-35(2,3)45-34(42)41-33-17-16-30(24-32(33)29-18-20-38(10,11)21-19-29)31-25-39(27-43-47(12,13)36(4,5)6)22-23-40(26-31,46-39)28-44-48(14,15)37(7,8)9/h16-18,24,31H,19-23,25-28H2,1-15H3,(H,41,42)/i22D,23D,25D,31D. The highest BCUT2D eigenvalue weighted by molar-refractivity contribution is 6.74. The highest BCUT2D eigenvalue weighted by atomic mass is 28.4. The van der Waals surface area contributed by atoms with Gasteiger partial charge in [-0.2, -0.15) is 0 Å². The van der Waals surface area contributed by atoms with Gasteiger partial charge in [0.05, 0.1) is 30.1 Å². The molecule has 1 aromatic carbocycles. The molecule has 1 aliphatic carbocycles. The van der Waals surface area contributed by atoms with Crippen LogP contribution in [0.4, 0.5) is 10.5 Å². The van der Waals surface area contributed by atoms with E-state index in [2.05, 4.69) is 93.0 Å². The average molecular weight is 704 g/mol. The van der Waals surface area contributed by atoms with Gasteiger partial charge in [0.1, 0.15) is 5.60 Å². The van der Waals surface area contributed by atoms with Gasteiger partial charge in [0.15, 0.2) is 16.6 Å². The minimum absolute atomic E-state index is 0.0263. The van der Waals surface area contributed by atoms with Crippen LogP contribution < -0.4 is 5.32 Å². The number of carbonyl (C=O) groups excluding carboxylic acids is 1. The van der Waals surface area contributed by atoms with Crippen molar-refractivity contribution in [2.24, 2.45) is 5.41 Å². The summed E-state index contributed by atoms with van der Waals surface area (Å²) in [4.78, 5) is 13.1. The summed E-state index contributed by atoms with van der Waals surface area (Å²) in [6.45, 7) is 31.6. The van der Waals surface area contributed by atoms with Crippen LogP contribution in [-0.4, -0.2) is 52.7 Å². The molecule has 2 fully saturated rings. The van der Waals surface area contributed by atoms with Crippen molar-refractivity contribution in [1.29, 1.82) is 0 Å². The lowest BCUT2D eigenvalue weighted by Gasteiger charge is -2.47. The molecule has 2 heterocycles. The molecule has 2 bridgehead atoms. The molecule has 1 amide bonds. The molecule has 2 saturated heterocycles. The molecule has 1 aromatic rings. The van der Waals surface area contributed by atoms with E-state index in [1.54, 1.807) is 0 Å². The normalized spacial score (nSPS) is 34.0. The molecule has 0 radical (unpaired) electrons. The number of benzene rings is 1. The van der Waals surface area contributed by atoms with Crippen molar-refractivity contribution in [2.45, 2.75) is 180 Å². The largest absolute Gasteiger partial charge is 0.444 e. The van der Waals surface area contributed by atoms with E-state index >= 15 is 0 Å². The molecule has 1 N–H and O–H groups in total. The minimum Gasteiger partial charge on any atom is -0.444 e. The number of allylic oxidation sites excluding steroid dienone is 2. The van der Waals surface area contributed by atoms with Crippen molar-refractivity contribution in [3.05, 3.63) is 35.4 Å². The number of ether oxygens (including phenoxy) is 2. The van der Waals surface area contributed by atoms with Crippen LogP contribution in [0, 0.1) is 5.41 Å². The molecule has 4 rings (SSSR count). The van der Waals surface area contributed by atoms with Crippen LogP contribution in [0.5, 0.6) is 0 Å². The maximum Gasteiger partial charge on any atom is 0.412 e. The molecular weight excluding hydrogens is 631 g/mol. The summed E-state index contributed by atoms with van der Waals surface area (Å²) in [5.41, 5.74) is -0.267. The van der Waals surface area contributed by atoms with Crippen molar-refractivity contribution >= 4 is 34.0 Å². The monoisotopic (exact) mass is 703 g/mol. The maximum absolute atomic E-state index is 13.1. The maximum atomic E-state index is 13.1. The lowest BCUT2D eigenvalue weighted by molar-refractivity contribution is -0.173. The second kappa shape index (κ2) is 13.3. The Morgan fingerprint density at radius 3 is 2.04 bits per heavy atom. The number of nitrogens with one attached hydrogen (secondary N) is 1. The molecule has 6 atom stereocenters. The van der Waals surface area contributed by atoms with Crippen molar-refractivity contribution in [2.75, 3.05) is 18.5 Å². The fourth-order valence-electron chi connectivity index (χ4n) is 5.90. The van der Waals surface area contributed by atoms with E-state index in [0.717, 1.165) is 30.4 Å². The summed E-state index contributed by atoms with van der Waals surface area (Å²) in [5, 5.41) is 2.75. The van der Waals surface area contributed by atoms with E-state index in [-0.39, 0.29) is 35.1 Å². The number of fused-ring (bicyclic) bond motifs is 2. The topological polar surface area (TPSA) is 66.0 Å². The highest BCUT2D eigenvalue weighted by Crippen LogP contribution is 2.55. The molecule has 0 saturated carbocycles. The SMILES string of the molecule is [2H]C1C([2H])C2(CO[Si](C)(C)C(C)(C)C)OC1(CO[Si](C)(C)C(C)(C)C)CC([2H])(c1ccc(NC(=O)OC(C)(C)C)c(C3=CCC(C)(C)CC3)c1)C2[2H]. The molecule has 8 heteroatoms. The number of carbonyl (C=O) groups is 1. The van der Waals surface area contributed by atoms with Gasteiger partial charge in [0, 0.05) is 11.0 Å². The lowest BCUT2D eigenvalue weighted by Crippen LogP contribution is -2.53. The van der Waals surface area contributed by atoms with E-state index in [1.165, 1.54) is 0 Å². The summed E-state index contributed by atoms with van der Waals surface area (Å²) < 4.78 is 65.5. The summed E-state index contributed by atoms with van der Waals surface area (Å²) >= 11 is 0. The van der Waals surface area contributed by atoms with Crippen LogP contribution in [0.15, 0.2) is 24.3 Å². The zero-order chi connectivity index (χ0) is 39.7. The third kappa shape index (κ3) is 9.25. The first kappa shape index (κ1) is 33.7. The first-order valence-electron chi connectivity index (χ1n) is 20.1. The van der Waals surface area contributed by atoms with Crippen molar-refractivity contribution in [1.82, 2.24) is 0 Å². The molecule has 3 aliphatic rings. The fourth-order valence-corrected chi connectivity index (χ4v) is 7.95. The van der Waals surface area contributed by atoms with E-state index in [9.17, 15) is 10.3 Å². The average Bonchev–Trinajstić information content (AvgIpc) is 3.16. The smallest absolute Gasteiger partial charge is 0.412 e. The second-order valence-electron chi connectivity index (χ2n) is 19.4. The van der Waals surface area contributed by atoms with Crippen molar-refractivity contribution < 1.29 is 28.6 Å². The van der Waals surface area contributed by atoms with Gasteiger partial charge in [0.25, 0.3) is 0 Å². The molecule has 272 valence electrons. The van der Waals surface area contributed by atoms with Gasteiger partial charge in [-0.3, -0.25) is 5.32 Å².